The fraction of sp³-hybridized carbons (Fsp3) is 0.360. The summed E-state index contributed by atoms with van der Waals surface area (Å²) < 4.78 is 56.6. The molecule has 11 heteroatoms. The Balaban J connectivity index is 1.38. The van der Waals surface area contributed by atoms with Gasteiger partial charge in [0, 0.05) is 44.1 Å². The first-order valence-electron chi connectivity index (χ1n) is 11.4. The van der Waals surface area contributed by atoms with Crippen molar-refractivity contribution in [2.24, 2.45) is 7.05 Å². The molecule has 0 atom stereocenters. The summed E-state index contributed by atoms with van der Waals surface area (Å²) in [6.45, 7) is 4.10. The molecular formula is C25H27F3N4O4. The molecular weight excluding hydrogens is 477 g/mol. The highest BCUT2D eigenvalue weighted by Crippen LogP contribution is 2.33. The van der Waals surface area contributed by atoms with E-state index >= 15 is 0 Å². The third-order valence-electron chi connectivity index (χ3n) is 5.68. The molecule has 8 nitrogen and oxygen atoms in total. The maximum Gasteiger partial charge on any atom is 0.416 e. The Kier molecular flexibility index (Phi) is 8.11. The van der Waals surface area contributed by atoms with Gasteiger partial charge >= 0.3 is 6.18 Å². The summed E-state index contributed by atoms with van der Waals surface area (Å²) in [5, 5.41) is 6.98. The van der Waals surface area contributed by atoms with Crippen LogP contribution in [-0.2, 0) is 22.8 Å². The molecule has 1 fully saturated rings. The number of aryl methyl sites for hydroxylation is 1. The fourth-order valence-electron chi connectivity index (χ4n) is 3.77. The van der Waals surface area contributed by atoms with Crippen molar-refractivity contribution in [2.75, 3.05) is 51.4 Å². The van der Waals surface area contributed by atoms with Gasteiger partial charge in [-0.3, -0.25) is 14.4 Å². The molecule has 0 saturated carbocycles. The Morgan fingerprint density at radius 3 is 2.50 bits per heavy atom. The van der Waals surface area contributed by atoms with Gasteiger partial charge in [-0.05, 0) is 48.5 Å². The number of carbonyl (C=O) groups is 1. The van der Waals surface area contributed by atoms with Crippen LogP contribution in [0.3, 0.4) is 0 Å². The first-order chi connectivity index (χ1) is 17.3. The minimum atomic E-state index is -4.43. The first-order valence-corrected chi connectivity index (χ1v) is 11.4. The van der Waals surface area contributed by atoms with Gasteiger partial charge in [0.2, 0.25) is 0 Å². The van der Waals surface area contributed by atoms with E-state index in [1.807, 2.05) is 13.1 Å². The van der Waals surface area contributed by atoms with Crippen molar-refractivity contribution in [3.8, 4) is 22.8 Å². The Morgan fingerprint density at radius 1 is 1.08 bits per heavy atom. The summed E-state index contributed by atoms with van der Waals surface area (Å²) in [5.41, 5.74) is 1.31. The van der Waals surface area contributed by atoms with Gasteiger partial charge in [-0.15, -0.1) is 0 Å². The molecule has 3 aromatic rings. The van der Waals surface area contributed by atoms with E-state index in [4.69, 9.17) is 14.2 Å². The van der Waals surface area contributed by atoms with Gasteiger partial charge in [0.25, 0.3) is 5.91 Å². The van der Waals surface area contributed by atoms with Crippen LogP contribution in [0, 0.1) is 0 Å². The van der Waals surface area contributed by atoms with Crippen molar-refractivity contribution >= 4 is 11.6 Å². The van der Waals surface area contributed by atoms with Crippen LogP contribution < -0.4 is 14.8 Å². The standard InChI is InChI=1S/C25H27F3N4O4/c1-31-22(8-9-29-31)21-16-19(4-7-23(21)35-15-12-32-10-13-34-14-11-32)30-24(33)17-36-20-5-2-18(3-6-20)25(26,27)28/h2-9,16H,10-15,17H2,1H3,(H,30,33). The number of carbonyl (C=O) groups excluding carboxylic acids is 1. The van der Waals surface area contributed by atoms with E-state index < -0.39 is 17.6 Å². The zero-order valence-corrected chi connectivity index (χ0v) is 19.8. The lowest BCUT2D eigenvalue weighted by Crippen LogP contribution is -2.38. The Hall–Kier alpha value is -3.57. The number of alkyl halides is 3. The number of rotatable bonds is 9. The zero-order chi connectivity index (χ0) is 25.5. The van der Waals surface area contributed by atoms with Crippen molar-refractivity contribution in [1.82, 2.24) is 14.7 Å². The molecule has 192 valence electrons. The van der Waals surface area contributed by atoms with Crippen molar-refractivity contribution < 1.29 is 32.2 Å². The second kappa shape index (κ2) is 11.4. The molecule has 0 spiro atoms. The quantitative estimate of drug-likeness (QED) is 0.477. The molecule has 1 saturated heterocycles. The molecule has 0 radical (unpaired) electrons. The van der Waals surface area contributed by atoms with E-state index in [9.17, 15) is 18.0 Å². The fourth-order valence-corrected chi connectivity index (χ4v) is 3.77. The molecule has 0 aliphatic carbocycles. The average Bonchev–Trinajstić information content (AvgIpc) is 3.29. The zero-order valence-electron chi connectivity index (χ0n) is 19.8. The number of aromatic nitrogens is 2. The number of hydrogen-bond acceptors (Lipinski definition) is 6. The Bertz CT molecular complexity index is 1160. The van der Waals surface area contributed by atoms with Crippen LogP contribution in [0.2, 0.25) is 0 Å². The highest BCUT2D eigenvalue weighted by Gasteiger charge is 2.30. The molecule has 1 N–H and O–H groups in total. The average molecular weight is 505 g/mol. The summed E-state index contributed by atoms with van der Waals surface area (Å²) in [6.07, 6.45) is -2.75. The van der Waals surface area contributed by atoms with Crippen molar-refractivity contribution in [1.29, 1.82) is 0 Å². The van der Waals surface area contributed by atoms with Crippen LogP contribution in [0.15, 0.2) is 54.7 Å². The molecule has 2 aromatic carbocycles. The smallest absolute Gasteiger partial charge is 0.416 e. The summed E-state index contributed by atoms with van der Waals surface area (Å²) in [5.74, 6) is 0.371. The van der Waals surface area contributed by atoms with E-state index in [1.54, 1.807) is 29.1 Å². The maximum absolute atomic E-state index is 12.7. The molecule has 1 aliphatic rings. The predicted molar refractivity (Wildman–Crippen MR) is 127 cm³/mol. The van der Waals surface area contributed by atoms with Crippen LogP contribution in [-0.4, -0.2) is 66.6 Å². The van der Waals surface area contributed by atoms with E-state index in [2.05, 4.69) is 15.3 Å². The number of amides is 1. The van der Waals surface area contributed by atoms with Gasteiger partial charge in [0.15, 0.2) is 6.61 Å². The van der Waals surface area contributed by atoms with Crippen LogP contribution in [0.25, 0.3) is 11.3 Å². The lowest BCUT2D eigenvalue weighted by atomic mass is 10.1. The van der Waals surface area contributed by atoms with E-state index in [-0.39, 0.29) is 12.4 Å². The first kappa shape index (κ1) is 25.5. The highest BCUT2D eigenvalue weighted by atomic mass is 19.4. The molecule has 4 rings (SSSR count). The van der Waals surface area contributed by atoms with Gasteiger partial charge in [-0.1, -0.05) is 0 Å². The molecule has 2 heterocycles. The van der Waals surface area contributed by atoms with Gasteiger partial charge in [-0.25, -0.2) is 0 Å². The van der Waals surface area contributed by atoms with Crippen molar-refractivity contribution in [3.05, 3.63) is 60.3 Å². The summed E-state index contributed by atoms with van der Waals surface area (Å²) in [7, 11) is 1.82. The van der Waals surface area contributed by atoms with Crippen molar-refractivity contribution in [3.63, 3.8) is 0 Å². The summed E-state index contributed by atoms with van der Waals surface area (Å²) in [6, 6.07) is 11.3. The molecule has 1 amide bonds. The largest absolute Gasteiger partial charge is 0.492 e. The molecule has 1 aliphatic heterocycles. The highest BCUT2D eigenvalue weighted by molar-refractivity contribution is 5.93. The third-order valence-corrected chi connectivity index (χ3v) is 5.68. The lowest BCUT2D eigenvalue weighted by molar-refractivity contribution is -0.137. The molecule has 0 bridgehead atoms. The number of nitrogens with one attached hydrogen (secondary N) is 1. The number of halogens is 3. The number of benzene rings is 2. The topological polar surface area (TPSA) is 77.9 Å². The Labute approximate surface area is 206 Å². The monoisotopic (exact) mass is 504 g/mol. The second-order valence-electron chi connectivity index (χ2n) is 8.21. The van der Waals surface area contributed by atoms with Crippen LogP contribution in [0.5, 0.6) is 11.5 Å². The molecule has 36 heavy (non-hydrogen) atoms. The number of nitrogens with zero attached hydrogens (tertiary/aromatic N) is 3. The molecule has 0 unspecified atom stereocenters. The lowest BCUT2D eigenvalue weighted by Gasteiger charge is -2.26. The van der Waals surface area contributed by atoms with Gasteiger partial charge < -0.3 is 19.5 Å². The maximum atomic E-state index is 12.7. The Morgan fingerprint density at radius 2 is 1.83 bits per heavy atom. The molecule has 1 aromatic heterocycles. The van der Waals surface area contributed by atoms with Crippen LogP contribution in [0.1, 0.15) is 5.56 Å². The van der Waals surface area contributed by atoms with Gasteiger partial charge in [-0.2, -0.15) is 18.3 Å². The van der Waals surface area contributed by atoms with E-state index in [1.165, 1.54) is 12.1 Å². The summed E-state index contributed by atoms with van der Waals surface area (Å²) >= 11 is 0. The number of ether oxygens (including phenoxy) is 3. The van der Waals surface area contributed by atoms with Crippen molar-refractivity contribution in [2.45, 2.75) is 6.18 Å². The number of morpholine rings is 1. The minimum Gasteiger partial charge on any atom is -0.492 e. The number of anilines is 1. The third kappa shape index (κ3) is 6.76. The van der Waals surface area contributed by atoms with E-state index in [0.717, 1.165) is 56.2 Å². The normalized spacial score (nSPS) is 14.4. The second-order valence-corrected chi connectivity index (χ2v) is 8.21. The van der Waals surface area contributed by atoms with Gasteiger partial charge in [0.05, 0.1) is 24.5 Å². The van der Waals surface area contributed by atoms with Crippen LogP contribution in [0.4, 0.5) is 18.9 Å². The predicted octanol–water partition coefficient (Wildman–Crippen LogP) is 3.83. The van der Waals surface area contributed by atoms with E-state index in [0.29, 0.717) is 18.0 Å². The summed E-state index contributed by atoms with van der Waals surface area (Å²) in [4.78, 5) is 14.7. The van der Waals surface area contributed by atoms with Gasteiger partial charge in [0.1, 0.15) is 18.1 Å². The SMILES string of the molecule is Cn1nccc1-c1cc(NC(=O)COc2ccc(C(F)(F)F)cc2)ccc1OCCN1CCOCC1. The van der Waals surface area contributed by atoms with Crippen LogP contribution >= 0.6 is 0 Å². The number of hydrogen-bond donors (Lipinski definition) is 1. The minimum absolute atomic E-state index is 0.165.